The fourth-order valence-electron chi connectivity index (χ4n) is 3.95. The quantitative estimate of drug-likeness (QED) is 0.572. The third kappa shape index (κ3) is 5.38. The number of benzene rings is 2. The lowest BCUT2D eigenvalue weighted by atomic mass is 9.93. The Bertz CT molecular complexity index is 1060. The van der Waals surface area contributed by atoms with Gasteiger partial charge in [0.1, 0.15) is 11.9 Å². The Morgan fingerprint density at radius 3 is 2.38 bits per heavy atom. The number of carbonyl (C=O) groups excluding carboxylic acids is 2. The summed E-state index contributed by atoms with van der Waals surface area (Å²) in [7, 11) is 0. The Balaban J connectivity index is 1.43. The van der Waals surface area contributed by atoms with Gasteiger partial charge in [0, 0.05) is 17.0 Å². The van der Waals surface area contributed by atoms with Gasteiger partial charge in [-0.2, -0.15) is 0 Å². The molecule has 0 radical (unpaired) electrons. The molecule has 0 saturated carbocycles. The fraction of sp³-hybridized carbons (Fsp3) is 0.292. The maximum Gasteiger partial charge on any atom is 0.246 e. The van der Waals surface area contributed by atoms with Crippen LogP contribution in [-0.2, 0) is 9.59 Å². The molecule has 8 heteroatoms. The summed E-state index contributed by atoms with van der Waals surface area (Å²) >= 11 is 1.42. The van der Waals surface area contributed by atoms with Crippen LogP contribution >= 0.6 is 11.3 Å². The Morgan fingerprint density at radius 2 is 1.75 bits per heavy atom. The molecular formula is C24H25FN4O2S. The number of nitrogens with one attached hydrogen (secondary N) is 2. The predicted molar refractivity (Wildman–Crippen MR) is 124 cm³/mol. The van der Waals surface area contributed by atoms with E-state index in [0.717, 1.165) is 11.3 Å². The van der Waals surface area contributed by atoms with Crippen LogP contribution in [0.15, 0.2) is 60.0 Å². The first kappa shape index (κ1) is 22.1. The Labute approximate surface area is 190 Å². The van der Waals surface area contributed by atoms with Gasteiger partial charge in [0.05, 0.1) is 5.69 Å². The fourth-order valence-corrected chi connectivity index (χ4v) is 4.64. The largest absolute Gasteiger partial charge is 0.324 e. The minimum absolute atomic E-state index is 0.0222. The lowest BCUT2D eigenvalue weighted by molar-refractivity contribution is -0.123. The predicted octanol–water partition coefficient (Wildman–Crippen LogP) is 4.62. The number of aromatic nitrogens is 1. The number of nitrogens with zero attached hydrogens (tertiary/aromatic N) is 2. The lowest BCUT2D eigenvalue weighted by Crippen LogP contribution is -2.44. The van der Waals surface area contributed by atoms with E-state index in [9.17, 15) is 14.0 Å². The van der Waals surface area contributed by atoms with Crippen molar-refractivity contribution >= 4 is 34.0 Å². The molecule has 2 amide bonds. The summed E-state index contributed by atoms with van der Waals surface area (Å²) < 4.78 is 13.2. The number of hydrogen-bond donors (Lipinski definition) is 2. The molecule has 1 aliphatic heterocycles. The summed E-state index contributed by atoms with van der Waals surface area (Å²) in [5.41, 5.74) is 2.32. The van der Waals surface area contributed by atoms with Crippen LogP contribution in [0.25, 0.3) is 0 Å². The number of likely N-dealkylation sites (tertiary alicyclic amines) is 1. The first-order valence-corrected chi connectivity index (χ1v) is 11.5. The Morgan fingerprint density at radius 1 is 1.06 bits per heavy atom. The van der Waals surface area contributed by atoms with Crippen LogP contribution in [0.5, 0.6) is 0 Å². The van der Waals surface area contributed by atoms with Crippen LogP contribution < -0.4 is 10.6 Å². The number of piperidine rings is 1. The molecule has 6 nitrogen and oxygen atoms in total. The van der Waals surface area contributed by atoms with E-state index in [1.807, 2.05) is 42.6 Å². The van der Waals surface area contributed by atoms with Crippen molar-refractivity contribution in [1.29, 1.82) is 0 Å². The van der Waals surface area contributed by atoms with Gasteiger partial charge in [-0.05, 0) is 62.7 Å². The van der Waals surface area contributed by atoms with Gasteiger partial charge in [-0.25, -0.2) is 9.37 Å². The number of aryl methyl sites for hydroxylation is 1. The molecule has 166 valence electrons. The van der Waals surface area contributed by atoms with E-state index in [1.165, 1.54) is 23.5 Å². The van der Waals surface area contributed by atoms with Crippen LogP contribution in [0.4, 0.5) is 15.2 Å². The first-order valence-electron chi connectivity index (χ1n) is 10.6. The number of halogens is 1. The molecule has 4 rings (SSSR count). The smallest absolute Gasteiger partial charge is 0.246 e. The number of rotatable bonds is 6. The SMILES string of the molecule is Cc1csc(NC(=O)C2CCN(C(C(=O)Nc3ccc(F)cc3)c3ccccc3)CC2)n1. The zero-order valence-corrected chi connectivity index (χ0v) is 18.6. The molecule has 3 aromatic rings. The van der Waals surface area contributed by atoms with Gasteiger partial charge in [-0.1, -0.05) is 30.3 Å². The monoisotopic (exact) mass is 452 g/mol. The van der Waals surface area contributed by atoms with Crippen molar-refractivity contribution in [2.24, 2.45) is 5.92 Å². The van der Waals surface area contributed by atoms with Gasteiger partial charge in [0.25, 0.3) is 0 Å². The van der Waals surface area contributed by atoms with Crippen molar-refractivity contribution in [2.75, 3.05) is 23.7 Å². The van der Waals surface area contributed by atoms with Crippen molar-refractivity contribution in [3.05, 3.63) is 77.1 Å². The highest BCUT2D eigenvalue weighted by Crippen LogP contribution is 2.29. The summed E-state index contributed by atoms with van der Waals surface area (Å²) in [4.78, 5) is 32.3. The number of hydrogen-bond acceptors (Lipinski definition) is 5. The van der Waals surface area contributed by atoms with Crippen molar-refractivity contribution < 1.29 is 14.0 Å². The highest BCUT2D eigenvalue weighted by molar-refractivity contribution is 7.13. The molecule has 1 fully saturated rings. The molecule has 0 aliphatic carbocycles. The van der Waals surface area contributed by atoms with Crippen LogP contribution in [-0.4, -0.2) is 34.8 Å². The molecule has 1 saturated heterocycles. The van der Waals surface area contributed by atoms with Crippen molar-refractivity contribution in [3.63, 3.8) is 0 Å². The van der Waals surface area contributed by atoms with E-state index in [-0.39, 0.29) is 23.5 Å². The number of amides is 2. The Hall–Kier alpha value is -3.10. The molecule has 32 heavy (non-hydrogen) atoms. The standard InChI is InChI=1S/C24H25FN4O2S/c1-16-15-32-24(26-16)28-22(30)18-11-13-29(14-12-18)21(17-5-3-2-4-6-17)23(31)27-20-9-7-19(25)8-10-20/h2-10,15,18,21H,11-14H2,1H3,(H,27,31)(H,26,28,30). The van der Waals surface area contributed by atoms with Crippen LogP contribution in [0.2, 0.25) is 0 Å². The van der Waals surface area contributed by atoms with E-state index < -0.39 is 6.04 Å². The molecule has 1 aromatic heterocycles. The minimum Gasteiger partial charge on any atom is -0.324 e. The summed E-state index contributed by atoms with van der Waals surface area (Å²) in [5, 5.41) is 8.34. The van der Waals surface area contributed by atoms with Gasteiger partial charge in [-0.3, -0.25) is 14.5 Å². The molecule has 2 heterocycles. The van der Waals surface area contributed by atoms with E-state index in [4.69, 9.17) is 0 Å². The number of thiazole rings is 1. The highest BCUT2D eigenvalue weighted by atomic mass is 32.1. The average Bonchev–Trinajstić information content (AvgIpc) is 3.21. The van der Waals surface area contributed by atoms with E-state index in [2.05, 4.69) is 20.5 Å². The first-order chi connectivity index (χ1) is 15.5. The van der Waals surface area contributed by atoms with Gasteiger partial charge in [0.2, 0.25) is 11.8 Å². The van der Waals surface area contributed by atoms with Gasteiger partial charge < -0.3 is 10.6 Å². The molecule has 1 aliphatic rings. The molecule has 1 unspecified atom stereocenters. The lowest BCUT2D eigenvalue weighted by Gasteiger charge is -2.36. The average molecular weight is 453 g/mol. The topological polar surface area (TPSA) is 74.3 Å². The molecule has 2 N–H and O–H groups in total. The third-order valence-corrected chi connectivity index (χ3v) is 6.47. The summed E-state index contributed by atoms with van der Waals surface area (Å²) in [5.74, 6) is -0.669. The molecule has 0 spiro atoms. The summed E-state index contributed by atoms with van der Waals surface area (Å²) in [6.45, 7) is 3.13. The zero-order valence-electron chi connectivity index (χ0n) is 17.8. The summed E-state index contributed by atoms with van der Waals surface area (Å²) in [6.07, 6.45) is 1.31. The second-order valence-corrected chi connectivity index (χ2v) is 8.76. The maximum atomic E-state index is 13.2. The normalized spacial score (nSPS) is 15.8. The number of carbonyl (C=O) groups is 2. The van der Waals surface area contributed by atoms with Crippen molar-refractivity contribution in [3.8, 4) is 0 Å². The van der Waals surface area contributed by atoms with E-state index >= 15 is 0 Å². The van der Waals surface area contributed by atoms with E-state index in [1.54, 1.807) is 12.1 Å². The van der Waals surface area contributed by atoms with Crippen LogP contribution in [0, 0.1) is 18.7 Å². The van der Waals surface area contributed by atoms with Gasteiger partial charge >= 0.3 is 0 Å². The maximum absolute atomic E-state index is 13.2. The Kier molecular flexibility index (Phi) is 6.92. The van der Waals surface area contributed by atoms with Crippen LogP contribution in [0.3, 0.4) is 0 Å². The van der Waals surface area contributed by atoms with Crippen LogP contribution in [0.1, 0.15) is 30.1 Å². The minimum atomic E-state index is -0.494. The third-order valence-electron chi connectivity index (χ3n) is 5.59. The second-order valence-electron chi connectivity index (χ2n) is 7.90. The van der Waals surface area contributed by atoms with Crippen molar-refractivity contribution in [1.82, 2.24) is 9.88 Å². The second kappa shape index (κ2) is 10.0. The molecule has 0 bridgehead atoms. The van der Waals surface area contributed by atoms with Crippen molar-refractivity contribution in [2.45, 2.75) is 25.8 Å². The van der Waals surface area contributed by atoms with E-state index in [0.29, 0.717) is 36.8 Å². The summed E-state index contributed by atoms with van der Waals surface area (Å²) in [6, 6.07) is 14.8. The molecule has 2 aromatic carbocycles. The number of anilines is 2. The van der Waals surface area contributed by atoms with Gasteiger partial charge in [0.15, 0.2) is 5.13 Å². The highest BCUT2D eigenvalue weighted by Gasteiger charge is 2.33. The zero-order chi connectivity index (χ0) is 22.5. The van der Waals surface area contributed by atoms with Gasteiger partial charge in [-0.15, -0.1) is 11.3 Å². The molecular weight excluding hydrogens is 427 g/mol. The molecule has 1 atom stereocenters.